The predicted octanol–water partition coefficient (Wildman–Crippen LogP) is 2.02. The molecule has 2 aromatic heterocycles. The molecule has 0 aliphatic heterocycles. The van der Waals surface area contributed by atoms with Crippen LogP contribution in [0.4, 0.5) is 11.5 Å². The average molecular weight is 297 g/mol. The lowest BCUT2D eigenvalue weighted by atomic mass is 10.2. The monoisotopic (exact) mass is 296 g/mol. The van der Waals surface area contributed by atoms with E-state index in [2.05, 4.69) is 31.3 Å². The number of carboxylic acids is 1. The van der Waals surface area contributed by atoms with Crippen LogP contribution in [0.2, 0.25) is 0 Å². The van der Waals surface area contributed by atoms with Crippen molar-refractivity contribution in [3.05, 3.63) is 34.7 Å². The number of rotatable bonds is 3. The lowest BCUT2D eigenvalue weighted by molar-refractivity contribution is 0.0697. The van der Waals surface area contributed by atoms with Gasteiger partial charge in [0.15, 0.2) is 0 Å². The second-order valence-corrected chi connectivity index (χ2v) is 4.30. The Morgan fingerprint density at radius 3 is 2.88 bits per heavy atom. The summed E-state index contributed by atoms with van der Waals surface area (Å²) >= 11 is 3.18. The zero-order valence-corrected chi connectivity index (χ0v) is 10.5. The lowest BCUT2D eigenvalue weighted by Gasteiger charge is -2.06. The molecule has 0 aliphatic rings. The van der Waals surface area contributed by atoms with E-state index in [1.807, 2.05) is 0 Å². The van der Waals surface area contributed by atoms with Crippen molar-refractivity contribution in [2.24, 2.45) is 7.05 Å². The van der Waals surface area contributed by atoms with Crippen LogP contribution in [0.3, 0.4) is 0 Å². The number of anilines is 2. The van der Waals surface area contributed by atoms with Crippen LogP contribution in [-0.4, -0.2) is 25.8 Å². The Kier molecular flexibility index (Phi) is 3.10. The molecule has 0 radical (unpaired) electrons. The van der Waals surface area contributed by atoms with Crippen molar-refractivity contribution in [3.8, 4) is 0 Å². The number of pyridine rings is 1. The first-order valence-corrected chi connectivity index (χ1v) is 5.50. The predicted molar refractivity (Wildman–Crippen MR) is 65.4 cm³/mol. The Bertz CT molecular complexity index is 567. The summed E-state index contributed by atoms with van der Waals surface area (Å²) in [6.45, 7) is 0. The van der Waals surface area contributed by atoms with Crippen LogP contribution in [0, 0.1) is 0 Å². The van der Waals surface area contributed by atoms with Crippen LogP contribution in [0.15, 0.2) is 29.1 Å². The highest BCUT2D eigenvalue weighted by Crippen LogP contribution is 2.21. The van der Waals surface area contributed by atoms with Crippen LogP contribution in [0.1, 0.15) is 10.4 Å². The summed E-state index contributed by atoms with van der Waals surface area (Å²) in [7, 11) is 1.78. The molecule has 0 aliphatic carbocycles. The summed E-state index contributed by atoms with van der Waals surface area (Å²) in [5.41, 5.74) is 0.785. The highest BCUT2D eigenvalue weighted by atomic mass is 79.9. The van der Waals surface area contributed by atoms with Gasteiger partial charge in [-0.2, -0.15) is 5.10 Å². The van der Waals surface area contributed by atoms with Gasteiger partial charge in [0.2, 0.25) is 0 Å². The maximum atomic E-state index is 11.0. The molecule has 17 heavy (non-hydrogen) atoms. The molecule has 0 aromatic carbocycles. The first-order chi connectivity index (χ1) is 8.06. The molecular formula is C10H9BrN4O2. The summed E-state index contributed by atoms with van der Waals surface area (Å²) in [4.78, 5) is 15.1. The molecule has 2 N–H and O–H groups in total. The van der Waals surface area contributed by atoms with Gasteiger partial charge in [-0.05, 0) is 22.0 Å². The minimum absolute atomic E-state index is 0.100. The molecule has 0 fully saturated rings. The summed E-state index contributed by atoms with van der Waals surface area (Å²) in [6.07, 6.45) is 4.86. The number of nitrogens with one attached hydrogen (secondary N) is 1. The molecular weight excluding hydrogens is 288 g/mol. The van der Waals surface area contributed by atoms with Gasteiger partial charge in [0.1, 0.15) is 11.4 Å². The minimum atomic E-state index is -1.04. The van der Waals surface area contributed by atoms with Crippen molar-refractivity contribution in [1.82, 2.24) is 14.8 Å². The largest absolute Gasteiger partial charge is 0.478 e. The topological polar surface area (TPSA) is 80.0 Å². The number of aryl methyl sites for hydroxylation is 1. The molecule has 6 nitrogen and oxygen atoms in total. The molecule has 88 valence electrons. The fourth-order valence-electron chi connectivity index (χ4n) is 1.32. The molecule has 2 heterocycles. The lowest BCUT2D eigenvalue weighted by Crippen LogP contribution is -2.04. The SMILES string of the molecule is Cn1cc(Nc2ncc(Br)cc2C(=O)O)cn1. The second kappa shape index (κ2) is 4.54. The molecule has 0 spiro atoms. The van der Waals surface area contributed by atoms with E-state index in [9.17, 15) is 4.79 Å². The number of aromatic carboxylic acids is 1. The summed E-state index contributed by atoms with van der Waals surface area (Å²) < 4.78 is 2.23. The number of carboxylic acid groups (broad SMARTS) is 1. The van der Waals surface area contributed by atoms with Crippen molar-refractivity contribution in [1.29, 1.82) is 0 Å². The van der Waals surface area contributed by atoms with Crippen molar-refractivity contribution < 1.29 is 9.90 Å². The van der Waals surface area contributed by atoms with Gasteiger partial charge in [0, 0.05) is 23.9 Å². The fourth-order valence-corrected chi connectivity index (χ4v) is 1.66. The van der Waals surface area contributed by atoms with Crippen LogP contribution >= 0.6 is 15.9 Å². The Morgan fingerprint density at radius 2 is 2.29 bits per heavy atom. The van der Waals surface area contributed by atoms with E-state index in [4.69, 9.17) is 5.11 Å². The Hall–Kier alpha value is -1.89. The summed E-state index contributed by atoms with van der Waals surface area (Å²) in [6, 6.07) is 1.49. The van der Waals surface area contributed by atoms with Gasteiger partial charge in [-0.25, -0.2) is 9.78 Å². The molecule has 0 bridgehead atoms. The highest BCUT2D eigenvalue weighted by molar-refractivity contribution is 9.10. The Labute approximate surface area is 105 Å². The maximum Gasteiger partial charge on any atom is 0.339 e. The molecule has 0 atom stereocenters. The molecule has 0 saturated heterocycles. The minimum Gasteiger partial charge on any atom is -0.478 e. The van der Waals surface area contributed by atoms with Gasteiger partial charge in [-0.1, -0.05) is 0 Å². The van der Waals surface area contributed by atoms with Crippen LogP contribution in [-0.2, 0) is 7.05 Å². The van der Waals surface area contributed by atoms with Gasteiger partial charge < -0.3 is 10.4 Å². The molecule has 7 heteroatoms. The quantitative estimate of drug-likeness (QED) is 0.906. The van der Waals surface area contributed by atoms with E-state index in [1.165, 1.54) is 12.3 Å². The van der Waals surface area contributed by atoms with E-state index >= 15 is 0 Å². The molecule has 0 saturated carbocycles. The maximum absolute atomic E-state index is 11.0. The van der Waals surface area contributed by atoms with Crippen molar-refractivity contribution in [2.75, 3.05) is 5.32 Å². The number of halogens is 1. The number of hydrogen-bond acceptors (Lipinski definition) is 4. The molecule has 2 aromatic rings. The normalized spacial score (nSPS) is 10.2. The third kappa shape index (κ3) is 2.62. The smallest absolute Gasteiger partial charge is 0.339 e. The number of aromatic nitrogens is 3. The Morgan fingerprint density at radius 1 is 1.53 bits per heavy atom. The zero-order chi connectivity index (χ0) is 12.4. The van der Waals surface area contributed by atoms with E-state index in [0.29, 0.717) is 10.2 Å². The van der Waals surface area contributed by atoms with Crippen LogP contribution in [0.25, 0.3) is 0 Å². The van der Waals surface area contributed by atoms with E-state index in [-0.39, 0.29) is 11.4 Å². The van der Waals surface area contributed by atoms with Crippen LogP contribution < -0.4 is 5.32 Å². The first kappa shape index (κ1) is 11.6. The van der Waals surface area contributed by atoms with Crippen molar-refractivity contribution >= 4 is 33.4 Å². The van der Waals surface area contributed by atoms with E-state index < -0.39 is 5.97 Å². The highest BCUT2D eigenvalue weighted by Gasteiger charge is 2.12. The summed E-state index contributed by atoms with van der Waals surface area (Å²) in [5, 5.41) is 15.9. The van der Waals surface area contributed by atoms with E-state index in [1.54, 1.807) is 24.1 Å². The number of hydrogen-bond donors (Lipinski definition) is 2. The zero-order valence-electron chi connectivity index (χ0n) is 8.88. The van der Waals surface area contributed by atoms with Gasteiger partial charge in [-0.15, -0.1) is 0 Å². The molecule has 0 unspecified atom stereocenters. The number of nitrogens with zero attached hydrogens (tertiary/aromatic N) is 3. The summed E-state index contributed by atoms with van der Waals surface area (Å²) in [5.74, 6) is -0.751. The first-order valence-electron chi connectivity index (χ1n) is 4.71. The standard InChI is InChI=1S/C10H9BrN4O2/c1-15-5-7(4-13-15)14-9-8(10(16)17)2-6(11)3-12-9/h2-5H,1H3,(H,12,14)(H,16,17). The molecule has 2 rings (SSSR count). The Balaban J connectivity index is 2.35. The van der Waals surface area contributed by atoms with Gasteiger partial charge in [-0.3, -0.25) is 4.68 Å². The molecule has 0 amide bonds. The van der Waals surface area contributed by atoms with Crippen molar-refractivity contribution in [2.45, 2.75) is 0 Å². The van der Waals surface area contributed by atoms with Gasteiger partial charge in [0.25, 0.3) is 0 Å². The second-order valence-electron chi connectivity index (χ2n) is 3.38. The van der Waals surface area contributed by atoms with Crippen LogP contribution in [0.5, 0.6) is 0 Å². The third-order valence-electron chi connectivity index (χ3n) is 2.05. The third-order valence-corrected chi connectivity index (χ3v) is 2.49. The van der Waals surface area contributed by atoms with Gasteiger partial charge >= 0.3 is 5.97 Å². The van der Waals surface area contributed by atoms with Gasteiger partial charge in [0.05, 0.1) is 11.9 Å². The average Bonchev–Trinajstić information content (AvgIpc) is 2.66. The van der Waals surface area contributed by atoms with Crippen molar-refractivity contribution in [3.63, 3.8) is 0 Å². The van der Waals surface area contributed by atoms with E-state index in [0.717, 1.165) is 0 Å². The fraction of sp³-hybridized carbons (Fsp3) is 0.100. The number of carbonyl (C=O) groups is 1.